The standard InChI is InChI=1S/C20H21F2N3O5S/c1-12(26)13-3-6-15(7-4-13)31(29,30)24-10-9-18(27)25-19(20(28)23-2)14-5-8-16(21)17(22)11-14/h3-8,11,19,24H,9-10H2,1-2H3,(H,23,28)(H,25,27). The normalized spacial score (nSPS) is 12.1. The molecule has 0 aliphatic heterocycles. The number of Topliss-reactive ketones (excluding diaryl/α,β-unsaturated/α-hetero) is 1. The van der Waals surface area contributed by atoms with Gasteiger partial charge in [-0.1, -0.05) is 18.2 Å². The summed E-state index contributed by atoms with van der Waals surface area (Å²) in [5.41, 5.74) is 0.383. The first-order valence-electron chi connectivity index (χ1n) is 9.11. The molecule has 0 bridgehead atoms. The first-order valence-corrected chi connectivity index (χ1v) is 10.6. The van der Waals surface area contributed by atoms with Crippen molar-refractivity contribution in [3.8, 4) is 0 Å². The zero-order chi connectivity index (χ0) is 23.2. The molecule has 31 heavy (non-hydrogen) atoms. The molecule has 1 atom stereocenters. The zero-order valence-corrected chi connectivity index (χ0v) is 17.6. The van der Waals surface area contributed by atoms with Crippen molar-refractivity contribution >= 4 is 27.6 Å². The van der Waals surface area contributed by atoms with E-state index in [0.29, 0.717) is 5.56 Å². The lowest BCUT2D eigenvalue weighted by Gasteiger charge is -2.18. The van der Waals surface area contributed by atoms with E-state index in [1.54, 1.807) is 0 Å². The van der Waals surface area contributed by atoms with Crippen molar-refractivity contribution in [2.45, 2.75) is 24.3 Å². The van der Waals surface area contributed by atoms with Crippen LogP contribution in [-0.4, -0.2) is 39.6 Å². The Balaban J connectivity index is 2.00. The Kier molecular flexibility index (Phi) is 7.95. The number of sulfonamides is 1. The van der Waals surface area contributed by atoms with E-state index in [1.807, 2.05) is 0 Å². The monoisotopic (exact) mass is 453 g/mol. The highest BCUT2D eigenvalue weighted by molar-refractivity contribution is 7.89. The highest BCUT2D eigenvalue weighted by atomic mass is 32.2. The number of carbonyl (C=O) groups excluding carboxylic acids is 3. The molecule has 0 heterocycles. The smallest absolute Gasteiger partial charge is 0.246 e. The maximum absolute atomic E-state index is 13.5. The number of rotatable bonds is 9. The highest BCUT2D eigenvalue weighted by Crippen LogP contribution is 2.17. The van der Waals surface area contributed by atoms with Crippen molar-refractivity contribution < 1.29 is 31.6 Å². The number of carbonyl (C=O) groups is 3. The van der Waals surface area contributed by atoms with Gasteiger partial charge in [0.1, 0.15) is 6.04 Å². The molecule has 2 amide bonds. The maximum atomic E-state index is 13.5. The van der Waals surface area contributed by atoms with E-state index in [-0.39, 0.29) is 29.2 Å². The number of ketones is 1. The summed E-state index contributed by atoms with van der Waals surface area (Å²) in [4.78, 5) is 35.5. The molecule has 0 radical (unpaired) electrons. The topological polar surface area (TPSA) is 121 Å². The Morgan fingerprint density at radius 3 is 2.19 bits per heavy atom. The summed E-state index contributed by atoms with van der Waals surface area (Å²) < 4.78 is 53.5. The Morgan fingerprint density at radius 1 is 1.00 bits per heavy atom. The quantitative estimate of drug-likeness (QED) is 0.496. The van der Waals surface area contributed by atoms with E-state index < -0.39 is 39.5 Å². The van der Waals surface area contributed by atoms with Gasteiger partial charge < -0.3 is 10.6 Å². The highest BCUT2D eigenvalue weighted by Gasteiger charge is 2.23. The average Bonchev–Trinajstić information content (AvgIpc) is 2.73. The largest absolute Gasteiger partial charge is 0.357 e. The molecule has 0 saturated heterocycles. The third kappa shape index (κ3) is 6.40. The minimum atomic E-state index is -3.92. The molecule has 8 nitrogen and oxygen atoms in total. The maximum Gasteiger partial charge on any atom is 0.246 e. The molecular weight excluding hydrogens is 432 g/mol. The van der Waals surface area contributed by atoms with Crippen LogP contribution in [0, 0.1) is 11.6 Å². The molecule has 2 rings (SSSR count). The molecule has 0 fully saturated rings. The van der Waals surface area contributed by atoms with Crippen LogP contribution in [0.5, 0.6) is 0 Å². The predicted octanol–water partition coefficient (Wildman–Crippen LogP) is 1.44. The van der Waals surface area contributed by atoms with E-state index >= 15 is 0 Å². The number of hydrogen-bond donors (Lipinski definition) is 3. The van der Waals surface area contributed by atoms with Gasteiger partial charge in [-0.3, -0.25) is 14.4 Å². The van der Waals surface area contributed by atoms with Crippen LogP contribution in [0.25, 0.3) is 0 Å². The van der Waals surface area contributed by atoms with Gasteiger partial charge in [-0.15, -0.1) is 0 Å². The number of likely N-dealkylation sites (N-methyl/N-ethyl adjacent to an activating group) is 1. The lowest BCUT2D eigenvalue weighted by Crippen LogP contribution is -2.40. The van der Waals surface area contributed by atoms with Crippen molar-refractivity contribution in [2.75, 3.05) is 13.6 Å². The van der Waals surface area contributed by atoms with Crippen molar-refractivity contribution in [3.05, 3.63) is 65.2 Å². The summed E-state index contributed by atoms with van der Waals surface area (Å²) in [5, 5.41) is 4.68. The Morgan fingerprint density at radius 2 is 1.65 bits per heavy atom. The SMILES string of the molecule is CNC(=O)C(NC(=O)CCNS(=O)(=O)c1ccc(C(C)=O)cc1)c1ccc(F)c(F)c1. The summed E-state index contributed by atoms with van der Waals surface area (Å²) in [6, 6.07) is 6.78. The molecule has 166 valence electrons. The molecule has 2 aromatic carbocycles. The molecule has 0 saturated carbocycles. The van der Waals surface area contributed by atoms with E-state index in [1.165, 1.54) is 38.2 Å². The van der Waals surface area contributed by atoms with Crippen LogP contribution < -0.4 is 15.4 Å². The molecule has 0 spiro atoms. The molecule has 1 unspecified atom stereocenters. The first-order chi connectivity index (χ1) is 14.5. The molecule has 3 N–H and O–H groups in total. The summed E-state index contributed by atoms with van der Waals surface area (Å²) in [6.07, 6.45) is -0.318. The second-order valence-electron chi connectivity index (χ2n) is 6.52. The van der Waals surface area contributed by atoms with Gasteiger partial charge in [-0.05, 0) is 36.8 Å². The Bertz CT molecular complexity index is 1090. The van der Waals surface area contributed by atoms with Crippen LogP contribution in [0.1, 0.15) is 35.3 Å². The van der Waals surface area contributed by atoms with E-state index in [4.69, 9.17) is 0 Å². The van der Waals surface area contributed by atoms with Gasteiger partial charge in [0, 0.05) is 25.6 Å². The van der Waals surface area contributed by atoms with Crippen LogP contribution >= 0.6 is 0 Å². The van der Waals surface area contributed by atoms with Gasteiger partial charge in [0.15, 0.2) is 17.4 Å². The summed E-state index contributed by atoms with van der Waals surface area (Å²) in [5.74, 6) is -3.83. The average molecular weight is 453 g/mol. The number of halogens is 2. The van der Waals surface area contributed by atoms with Crippen LogP contribution in [0.2, 0.25) is 0 Å². The third-order valence-electron chi connectivity index (χ3n) is 4.31. The third-order valence-corrected chi connectivity index (χ3v) is 5.78. The Labute approximate surface area is 178 Å². The zero-order valence-electron chi connectivity index (χ0n) is 16.7. The minimum absolute atomic E-state index is 0.0257. The van der Waals surface area contributed by atoms with Crippen molar-refractivity contribution in [3.63, 3.8) is 0 Å². The van der Waals surface area contributed by atoms with Crippen LogP contribution in [0.3, 0.4) is 0 Å². The molecule has 0 aromatic heterocycles. The Hall–Kier alpha value is -3.18. The van der Waals surface area contributed by atoms with Crippen LogP contribution in [0.4, 0.5) is 8.78 Å². The number of amides is 2. The lowest BCUT2D eigenvalue weighted by molar-refractivity contribution is -0.128. The van der Waals surface area contributed by atoms with Crippen molar-refractivity contribution in [2.24, 2.45) is 0 Å². The van der Waals surface area contributed by atoms with Gasteiger partial charge in [0.05, 0.1) is 4.90 Å². The van der Waals surface area contributed by atoms with Gasteiger partial charge in [-0.2, -0.15) is 0 Å². The van der Waals surface area contributed by atoms with Crippen LogP contribution in [0.15, 0.2) is 47.4 Å². The number of nitrogens with one attached hydrogen (secondary N) is 3. The van der Waals surface area contributed by atoms with Gasteiger partial charge in [0.25, 0.3) is 0 Å². The van der Waals surface area contributed by atoms with Gasteiger partial charge >= 0.3 is 0 Å². The molecule has 0 aliphatic rings. The number of benzene rings is 2. The van der Waals surface area contributed by atoms with E-state index in [0.717, 1.165) is 18.2 Å². The summed E-state index contributed by atoms with van der Waals surface area (Å²) in [7, 11) is -2.61. The van der Waals surface area contributed by atoms with Gasteiger partial charge in [0.2, 0.25) is 21.8 Å². The molecule has 2 aromatic rings. The van der Waals surface area contributed by atoms with Crippen molar-refractivity contribution in [1.82, 2.24) is 15.4 Å². The predicted molar refractivity (Wildman–Crippen MR) is 108 cm³/mol. The lowest BCUT2D eigenvalue weighted by atomic mass is 10.1. The van der Waals surface area contributed by atoms with E-state index in [9.17, 15) is 31.6 Å². The van der Waals surface area contributed by atoms with Gasteiger partial charge in [-0.25, -0.2) is 21.9 Å². The van der Waals surface area contributed by atoms with Crippen LogP contribution in [-0.2, 0) is 19.6 Å². The fourth-order valence-electron chi connectivity index (χ4n) is 2.62. The summed E-state index contributed by atoms with van der Waals surface area (Å²) in [6.45, 7) is 1.08. The molecule has 0 aliphatic carbocycles. The second-order valence-corrected chi connectivity index (χ2v) is 8.28. The van der Waals surface area contributed by atoms with Crippen molar-refractivity contribution in [1.29, 1.82) is 0 Å². The first kappa shape index (κ1) is 24.1. The number of hydrogen-bond acceptors (Lipinski definition) is 5. The summed E-state index contributed by atoms with van der Waals surface area (Å²) >= 11 is 0. The second kappa shape index (κ2) is 10.2. The molecular formula is C20H21F2N3O5S. The minimum Gasteiger partial charge on any atom is -0.357 e. The fraction of sp³-hybridized carbons (Fsp3) is 0.250. The van der Waals surface area contributed by atoms with E-state index in [2.05, 4.69) is 15.4 Å². The molecule has 11 heteroatoms. The fourth-order valence-corrected chi connectivity index (χ4v) is 3.65.